The van der Waals surface area contributed by atoms with Crippen molar-refractivity contribution >= 4 is 34.6 Å². The number of para-hydroxylation sites is 2. The number of esters is 1. The third-order valence-corrected chi connectivity index (χ3v) is 4.25. The minimum atomic E-state index is -0.699. The fourth-order valence-electron chi connectivity index (χ4n) is 1.96. The number of nitrogens with zero attached hydrogens (tertiary/aromatic N) is 3. The molecular weight excluding hydrogens is 372 g/mol. The number of amides is 1. The Bertz CT molecular complexity index is 939. The first-order chi connectivity index (χ1) is 12.9. The smallest absolute Gasteiger partial charge is 0.348 e. The first-order valence-corrected chi connectivity index (χ1v) is 8.48. The van der Waals surface area contributed by atoms with E-state index in [1.54, 1.807) is 24.3 Å². The number of likely N-dealkylation sites (N-methyl/N-ethyl adjacent to an activating group) is 1. The molecule has 0 aliphatic heterocycles. The zero-order valence-electron chi connectivity index (χ0n) is 15.2. The Balaban J connectivity index is 2.53. The molecule has 0 atom stereocenters. The second-order valence-electron chi connectivity index (χ2n) is 5.33. The lowest BCUT2D eigenvalue weighted by molar-refractivity contribution is -0.121. The maximum absolute atomic E-state index is 12.6. The number of benzene rings is 1. The Morgan fingerprint density at radius 3 is 2.56 bits per heavy atom. The monoisotopic (exact) mass is 390 g/mol. The van der Waals surface area contributed by atoms with Crippen LogP contribution < -0.4 is 15.7 Å². The van der Waals surface area contributed by atoms with Crippen LogP contribution in [0.1, 0.15) is 14.7 Å². The summed E-state index contributed by atoms with van der Waals surface area (Å²) >= 11 is 0.833. The van der Waals surface area contributed by atoms with Gasteiger partial charge < -0.3 is 14.4 Å². The van der Waals surface area contributed by atoms with Gasteiger partial charge in [0.2, 0.25) is 0 Å². The molecule has 10 heteroatoms. The number of hydrazone groups is 1. The quantitative estimate of drug-likeness (QED) is 0.448. The highest BCUT2D eigenvalue weighted by atomic mass is 32.1. The number of nitrogens with one attached hydrogen (secondary N) is 1. The summed E-state index contributed by atoms with van der Waals surface area (Å²) in [6.45, 7) is 0. The second-order valence-corrected chi connectivity index (χ2v) is 6.36. The molecule has 1 N–H and O–H groups in total. The molecule has 27 heavy (non-hydrogen) atoms. The van der Waals surface area contributed by atoms with Gasteiger partial charge in [0, 0.05) is 20.2 Å². The Morgan fingerprint density at radius 1 is 1.22 bits per heavy atom. The van der Waals surface area contributed by atoms with Gasteiger partial charge in [-0.2, -0.15) is 10.1 Å². The average molecular weight is 390 g/mol. The average Bonchev–Trinajstić information content (AvgIpc) is 2.67. The van der Waals surface area contributed by atoms with Crippen molar-refractivity contribution in [1.29, 1.82) is 0 Å². The number of hydrogen-bond acceptors (Lipinski definition) is 9. The van der Waals surface area contributed by atoms with E-state index in [1.165, 1.54) is 33.2 Å². The van der Waals surface area contributed by atoms with Gasteiger partial charge in [-0.3, -0.25) is 15.0 Å². The molecule has 1 aromatic heterocycles. The van der Waals surface area contributed by atoms with Gasteiger partial charge in [-0.15, -0.1) is 11.3 Å². The molecule has 0 fully saturated rings. The SMILES string of the molecule is COC(=O)c1cc(=O)nc(/C(=N\Nc2ccccc2OC)C(=O)N(C)C)s1. The predicted molar refractivity (Wildman–Crippen MR) is 102 cm³/mol. The van der Waals surface area contributed by atoms with Crippen molar-refractivity contribution in [3.8, 4) is 5.75 Å². The number of anilines is 1. The normalized spacial score (nSPS) is 10.9. The third-order valence-electron chi connectivity index (χ3n) is 3.27. The Kier molecular flexibility index (Phi) is 6.61. The van der Waals surface area contributed by atoms with Gasteiger partial charge in [0.25, 0.3) is 11.5 Å². The van der Waals surface area contributed by atoms with Gasteiger partial charge in [0.05, 0.1) is 19.9 Å². The first-order valence-electron chi connectivity index (χ1n) is 7.66. The molecule has 0 saturated heterocycles. The maximum atomic E-state index is 12.6. The van der Waals surface area contributed by atoms with Crippen LogP contribution in [-0.4, -0.2) is 55.8 Å². The molecule has 0 unspecified atom stereocenters. The largest absolute Gasteiger partial charge is 0.495 e. The zero-order chi connectivity index (χ0) is 20.0. The van der Waals surface area contributed by atoms with Crippen LogP contribution >= 0.6 is 11.3 Å². The topological polar surface area (TPSA) is 110 Å². The summed E-state index contributed by atoms with van der Waals surface area (Å²) < 4.78 is 9.86. The van der Waals surface area contributed by atoms with Gasteiger partial charge in [-0.25, -0.2) is 4.79 Å². The van der Waals surface area contributed by atoms with Gasteiger partial charge in [0.15, 0.2) is 10.7 Å². The van der Waals surface area contributed by atoms with Gasteiger partial charge in [0.1, 0.15) is 10.6 Å². The molecule has 142 valence electrons. The maximum Gasteiger partial charge on any atom is 0.348 e. The molecule has 0 spiro atoms. The van der Waals surface area contributed by atoms with Crippen molar-refractivity contribution in [1.82, 2.24) is 9.88 Å². The van der Waals surface area contributed by atoms with Gasteiger partial charge >= 0.3 is 5.97 Å². The Labute approximate surface area is 159 Å². The fraction of sp³-hybridized carbons (Fsp3) is 0.235. The van der Waals surface area contributed by atoms with Gasteiger partial charge in [-0.05, 0) is 12.1 Å². The summed E-state index contributed by atoms with van der Waals surface area (Å²) in [5.74, 6) is -0.681. The van der Waals surface area contributed by atoms with Crippen LogP contribution in [0, 0.1) is 0 Å². The lowest BCUT2D eigenvalue weighted by Gasteiger charge is -2.13. The molecule has 1 heterocycles. The molecule has 1 amide bonds. The molecular formula is C17H18N4O5S. The molecule has 1 aromatic carbocycles. The van der Waals surface area contributed by atoms with Crippen LogP contribution in [0.5, 0.6) is 5.75 Å². The highest BCUT2D eigenvalue weighted by Crippen LogP contribution is 2.23. The highest BCUT2D eigenvalue weighted by molar-refractivity contribution is 7.16. The van der Waals surface area contributed by atoms with E-state index in [4.69, 9.17) is 4.74 Å². The molecule has 9 nitrogen and oxygen atoms in total. The summed E-state index contributed by atoms with van der Waals surface area (Å²) in [7, 11) is 5.77. The van der Waals surface area contributed by atoms with E-state index in [0.717, 1.165) is 17.4 Å². The number of rotatable bonds is 6. The number of methoxy groups -OCH3 is 2. The Morgan fingerprint density at radius 2 is 1.93 bits per heavy atom. The molecule has 0 saturated carbocycles. The van der Waals surface area contributed by atoms with Crippen molar-refractivity contribution in [2.75, 3.05) is 33.7 Å². The lowest BCUT2D eigenvalue weighted by atomic mass is 10.3. The first kappa shape index (κ1) is 20.0. The summed E-state index contributed by atoms with van der Waals surface area (Å²) in [4.78, 5) is 41.3. The van der Waals surface area contributed by atoms with Crippen LogP contribution in [0.4, 0.5) is 5.69 Å². The van der Waals surface area contributed by atoms with Crippen LogP contribution in [0.15, 0.2) is 40.2 Å². The molecule has 0 aliphatic carbocycles. The van der Waals surface area contributed by atoms with Gasteiger partial charge in [-0.1, -0.05) is 12.1 Å². The lowest BCUT2D eigenvalue weighted by Crippen LogP contribution is -2.32. The Hall–Kier alpha value is -3.27. The molecule has 0 aliphatic rings. The standard InChI is InChI=1S/C17H18N4O5S/c1-21(2)16(23)14(20-19-10-7-5-6-8-11(10)25-3)15-18-13(22)9-12(27-15)17(24)26-4/h5-9,19H,1-4H3/b20-14+. The van der Waals surface area contributed by atoms with Crippen LogP contribution in [0.2, 0.25) is 0 Å². The number of hydrogen-bond donors (Lipinski definition) is 1. The summed E-state index contributed by atoms with van der Waals surface area (Å²) in [5, 5.41) is 4.10. The zero-order valence-corrected chi connectivity index (χ0v) is 16.0. The van der Waals surface area contributed by atoms with E-state index < -0.39 is 17.4 Å². The summed E-state index contributed by atoms with van der Waals surface area (Å²) in [6, 6.07) is 8.03. The second kappa shape index (κ2) is 8.90. The molecule has 2 rings (SSSR count). The molecule has 2 aromatic rings. The van der Waals surface area contributed by atoms with E-state index in [1.807, 2.05) is 0 Å². The van der Waals surface area contributed by atoms with E-state index in [2.05, 4.69) is 20.2 Å². The minimum Gasteiger partial charge on any atom is -0.495 e. The van der Waals surface area contributed by atoms with Crippen molar-refractivity contribution in [2.45, 2.75) is 0 Å². The number of ether oxygens (including phenoxy) is 2. The van der Waals surface area contributed by atoms with Crippen molar-refractivity contribution in [2.24, 2.45) is 5.10 Å². The summed E-state index contributed by atoms with van der Waals surface area (Å²) in [5.41, 5.74) is 2.45. The van der Waals surface area contributed by atoms with E-state index in [9.17, 15) is 14.4 Å². The molecule has 0 bridgehead atoms. The minimum absolute atomic E-state index is 0.0102. The highest BCUT2D eigenvalue weighted by Gasteiger charge is 2.22. The van der Waals surface area contributed by atoms with Crippen molar-refractivity contribution < 1.29 is 19.1 Å². The predicted octanol–water partition coefficient (Wildman–Crippen LogP) is 1.20. The number of carbonyl (C=O) groups is 2. The fourth-order valence-corrected chi connectivity index (χ4v) is 2.86. The van der Waals surface area contributed by atoms with Crippen LogP contribution in [0.25, 0.3) is 0 Å². The van der Waals surface area contributed by atoms with E-state index in [0.29, 0.717) is 11.4 Å². The van der Waals surface area contributed by atoms with E-state index >= 15 is 0 Å². The number of aromatic nitrogens is 1. The molecule has 0 radical (unpaired) electrons. The third kappa shape index (κ3) is 4.88. The number of carbonyl (C=O) groups excluding carboxylic acids is 2. The van der Waals surface area contributed by atoms with Crippen molar-refractivity contribution in [3.63, 3.8) is 0 Å². The van der Waals surface area contributed by atoms with Crippen LogP contribution in [0.3, 0.4) is 0 Å². The van der Waals surface area contributed by atoms with Crippen molar-refractivity contribution in [3.05, 3.63) is 50.6 Å². The summed E-state index contributed by atoms with van der Waals surface area (Å²) in [6.07, 6.45) is 0. The van der Waals surface area contributed by atoms with E-state index in [-0.39, 0.29) is 15.6 Å². The van der Waals surface area contributed by atoms with Crippen LogP contribution in [-0.2, 0) is 9.53 Å².